The van der Waals surface area contributed by atoms with Gasteiger partial charge in [-0.25, -0.2) is 4.68 Å². The molecule has 6 heteroatoms. The highest BCUT2D eigenvalue weighted by Gasteiger charge is 2.24. The van der Waals surface area contributed by atoms with Crippen molar-refractivity contribution in [2.24, 2.45) is 0 Å². The first kappa shape index (κ1) is 16.0. The number of fused-ring (bicyclic) bond motifs is 1. The Morgan fingerprint density at radius 2 is 1.72 bits per heavy atom. The summed E-state index contributed by atoms with van der Waals surface area (Å²) >= 11 is 7.76. The molecule has 4 aromatic rings. The van der Waals surface area contributed by atoms with Crippen molar-refractivity contribution >= 4 is 38.9 Å². The Labute approximate surface area is 152 Å². The predicted molar refractivity (Wildman–Crippen MR) is 101 cm³/mol. The minimum absolute atomic E-state index is 0.347. The lowest BCUT2D eigenvalue weighted by atomic mass is 10.1. The SMILES string of the molecule is O=C(CO)c1sc2c(c(-c3ccccc3)nn2-c2ccccc2)c1Cl. The zero-order chi connectivity index (χ0) is 17.4. The number of para-hydroxylation sites is 1. The fraction of sp³-hybridized carbons (Fsp3) is 0.0526. The lowest BCUT2D eigenvalue weighted by Gasteiger charge is -2.02. The number of benzene rings is 2. The molecule has 2 aromatic heterocycles. The second-order valence-electron chi connectivity index (χ2n) is 5.47. The normalized spacial score (nSPS) is 11.1. The van der Waals surface area contributed by atoms with E-state index >= 15 is 0 Å². The molecule has 2 heterocycles. The van der Waals surface area contributed by atoms with Crippen LogP contribution in [-0.2, 0) is 0 Å². The van der Waals surface area contributed by atoms with Gasteiger partial charge in [0.15, 0.2) is 5.78 Å². The van der Waals surface area contributed by atoms with Gasteiger partial charge in [0.25, 0.3) is 0 Å². The first-order valence-electron chi connectivity index (χ1n) is 7.66. The highest BCUT2D eigenvalue weighted by atomic mass is 35.5. The van der Waals surface area contributed by atoms with Crippen LogP contribution in [0.4, 0.5) is 0 Å². The van der Waals surface area contributed by atoms with Crippen LogP contribution in [0.3, 0.4) is 0 Å². The first-order valence-corrected chi connectivity index (χ1v) is 8.86. The Hall–Kier alpha value is -2.47. The molecule has 2 aromatic carbocycles. The number of hydrogen-bond acceptors (Lipinski definition) is 4. The van der Waals surface area contributed by atoms with E-state index in [0.717, 1.165) is 27.2 Å². The third kappa shape index (κ3) is 2.66. The van der Waals surface area contributed by atoms with Gasteiger partial charge in [0.2, 0.25) is 0 Å². The molecular formula is C19H13ClN2O2S. The molecule has 0 bridgehead atoms. The van der Waals surface area contributed by atoms with Crippen LogP contribution in [0.25, 0.3) is 27.2 Å². The molecule has 0 saturated carbocycles. The molecule has 25 heavy (non-hydrogen) atoms. The summed E-state index contributed by atoms with van der Waals surface area (Å²) < 4.78 is 1.79. The van der Waals surface area contributed by atoms with Crippen molar-refractivity contribution in [2.45, 2.75) is 0 Å². The van der Waals surface area contributed by atoms with E-state index in [-0.39, 0.29) is 5.78 Å². The van der Waals surface area contributed by atoms with E-state index in [2.05, 4.69) is 0 Å². The third-order valence-electron chi connectivity index (χ3n) is 3.91. The second-order valence-corrected chi connectivity index (χ2v) is 6.85. The predicted octanol–water partition coefficient (Wildman–Crippen LogP) is 4.58. The van der Waals surface area contributed by atoms with Crippen LogP contribution in [-0.4, -0.2) is 27.3 Å². The highest BCUT2D eigenvalue weighted by molar-refractivity contribution is 7.21. The molecule has 1 N–H and O–H groups in total. The number of ketones is 1. The van der Waals surface area contributed by atoms with E-state index < -0.39 is 6.61 Å². The lowest BCUT2D eigenvalue weighted by Crippen LogP contribution is -2.02. The van der Waals surface area contributed by atoms with Crippen LogP contribution >= 0.6 is 22.9 Å². The maximum Gasteiger partial charge on any atom is 0.199 e. The first-order chi connectivity index (χ1) is 12.2. The minimum atomic E-state index is -0.567. The number of hydrogen-bond donors (Lipinski definition) is 1. The fourth-order valence-corrected chi connectivity index (χ4v) is 4.30. The van der Waals surface area contributed by atoms with Gasteiger partial charge in [-0.15, -0.1) is 11.3 Å². The van der Waals surface area contributed by atoms with E-state index in [4.69, 9.17) is 16.7 Å². The summed E-state index contributed by atoms with van der Waals surface area (Å²) in [6.07, 6.45) is 0. The van der Waals surface area contributed by atoms with Gasteiger partial charge in [-0.3, -0.25) is 4.79 Å². The Morgan fingerprint density at radius 3 is 2.36 bits per heavy atom. The summed E-state index contributed by atoms with van der Waals surface area (Å²) in [4.78, 5) is 13.2. The number of aliphatic hydroxyl groups excluding tert-OH is 1. The number of carbonyl (C=O) groups is 1. The average molecular weight is 369 g/mol. The molecule has 0 aliphatic carbocycles. The van der Waals surface area contributed by atoms with E-state index in [1.165, 1.54) is 11.3 Å². The Bertz CT molecular complexity index is 1060. The van der Waals surface area contributed by atoms with Gasteiger partial charge in [-0.2, -0.15) is 5.10 Å². The van der Waals surface area contributed by atoms with E-state index in [1.54, 1.807) is 4.68 Å². The zero-order valence-corrected chi connectivity index (χ0v) is 14.6. The molecule has 124 valence electrons. The molecule has 0 aliphatic heterocycles. The number of halogens is 1. The summed E-state index contributed by atoms with van der Waals surface area (Å²) in [6, 6.07) is 19.4. The number of aromatic nitrogens is 2. The number of nitrogens with zero attached hydrogens (tertiary/aromatic N) is 2. The van der Waals surface area contributed by atoms with Crippen molar-refractivity contribution in [3.05, 3.63) is 70.6 Å². The quantitative estimate of drug-likeness (QED) is 0.536. The molecule has 0 aliphatic rings. The molecule has 0 saturated heterocycles. The van der Waals surface area contributed by atoms with Crippen LogP contribution in [0.1, 0.15) is 9.67 Å². The summed E-state index contributed by atoms with van der Waals surface area (Å²) in [5.74, 6) is -0.384. The van der Waals surface area contributed by atoms with Gasteiger partial charge in [0.05, 0.1) is 21.0 Å². The second kappa shape index (κ2) is 6.44. The van der Waals surface area contributed by atoms with Crippen LogP contribution in [0, 0.1) is 0 Å². The summed E-state index contributed by atoms with van der Waals surface area (Å²) in [6.45, 7) is -0.567. The summed E-state index contributed by atoms with van der Waals surface area (Å²) in [7, 11) is 0. The van der Waals surface area contributed by atoms with Gasteiger partial charge in [-0.05, 0) is 12.1 Å². The highest BCUT2D eigenvalue weighted by Crippen LogP contribution is 2.42. The maximum absolute atomic E-state index is 12.0. The number of Topliss-reactive ketones (excluding diaryl/α,β-unsaturated/α-hetero) is 1. The summed E-state index contributed by atoms with van der Waals surface area (Å²) in [5.41, 5.74) is 2.53. The molecule has 4 nitrogen and oxygen atoms in total. The molecule has 0 spiro atoms. The molecule has 0 fully saturated rings. The molecule has 0 radical (unpaired) electrons. The van der Waals surface area contributed by atoms with Crippen molar-refractivity contribution in [3.63, 3.8) is 0 Å². The van der Waals surface area contributed by atoms with Crippen molar-refractivity contribution in [3.8, 4) is 16.9 Å². The zero-order valence-electron chi connectivity index (χ0n) is 13.0. The number of rotatable bonds is 4. The Morgan fingerprint density at radius 1 is 1.08 bits per heavy atom. The largest absolute Gasteiger partial charge is 0.388 e. The van der Waals surface area contributed by atoms with Gasteiger partial charge >= 0.3 is 0 Å². The number of carbonyl (C=O) groups excluding carboxylic acids is 1. The number of aliphatic hydroxyl groups is 1. The van der Waals surface area contributed by atoms with Gasteiger partial charge in [0, 0.05) is 5.56 Å². The average Bonchev–Trinajstić information content (AvgIpc) is 3.21. The lowest BCUT2D eigenvalue weighted by molar-refractivity contribution is 0.0908. The summed E-state index contributed by atoms with van der Waals surface area (Å²) in [5, 5.41) is 15.1. The molecule has 0 atom stereocenters. The van der Waals surface area contributed by atoms with Crippen LogP contribution in [0.15, 0.2) is 60.7 Å². The van der Waals surface area contributed by atoms with Crippen molar-refractivity contribution < 1.29 is 9.90 Å². The van der Waals surface area contributed by atoms with Gasteiger partial charge < -0.3 is 5.11 Å². The minimum Gasteiger partial charge on any atom is -0.388 e. The van der Waals surface area contributed by atoms with E-state index in [1.807, 2.05) is 60.7 Å². The van der Waals surface area contributed by atoms with Gasteiger partial charge in [-0.1, -0.05) is 60.1 Å². The topological polar surface area (TPSA) is 55.1 Å². The molecule has 4 rings (SSSR count). The van der Waals surface area contributed by atoms with Crippen molar-refractivity contribution in [2.75, 3.05) is 6.61 Å². The Kier molecular flexibility index (Phi) is 4.13. The molecule has 0 unspecified atom stereocenters. The Balaban J connectivity index is 2.05. The number of thiophene rings is 1. The third-order valence-corrected chi connectivity index (χ3v) is 5.60. The van der Waals surface area contributed by atoms with Crippen molar-refractivity contribution in [1.82, 2.24) is 9.78 Å². The van der Waals surface area contributed by atoms with E-state index in [0.29, 0.717) is 9.90 Å². The van der Waals surface area contributed by atoms with Crippen LogP contribution < -0.4 is 0 Å². The fourth-order valence-electron chi connectivity index (χ4n) is 2.74. The van der Waals surface area contributed by atoms with Crippen molar-refractivity contribution in [1.29, 1.82) is 0 Å². The molecular weight excluding hydrogens is 356 g/mol. The van der Waals surface area contributed by atoms with Crippen LogP contribution in [0.2, 0.25) is 5.02 Å². The smallest absolute Gasteiger partial charge is 0.199 e. The van der Waals surface area contributed by atoms with E-state index in [9.17, 15) is 9.90 Å². The van der Waals surface area contributed by atoms with Crippen LogP contribution in [0.5, 0.6) is 0 Å². The standard InChI is InChI=1S/C19H13ClN2O2S/c20-16-15-17(12-7-3-1-4-8-12)21-22(13-9-5-2-6-10-13)19(15)25-18(16)14(24)11-23/h1-10,23H,11H2. The monoisotopic (exact) mass is 368 g/mol. The maximum atomic E-state index is 12.0. The molecule has 0 amide bonds. The van der Waals surface area contributed by atoms with Gasteiger partial charge in [0.1, 0.15) is 17.1 Å².